The number of hydrogen-bond donors (Lipinski definition) is 1. The molecule has 3 aromatic rings. The Bertz CT molecular complexity index is 811. The standard InChI is InChI=1S/C16H16N4OS2/c1-3-6-12-14(23-10(2)18-12)15(21)20-16-19-13(9-22-16)11-7-4-5-8-17-11/h4-5,7-9H,3,6H2,1-2H3,(H,19,20,21). The summed E-state index contributed by atoms with van der Waals surface area (Å²) in [6.07, 6.45) is 3.50. The van der Waals surface area contributed by atoms with Gasteiger partial charge in [0.2, 0.25) is 0 Å². The molecule has 1 amide bonds. The van der Waals surface area contributed by atoms with Crippen LogP contribution in [0.4, 0.5) is 5.13 Å². The molecule has 0 aliphatic carbocycles. The van der Waals surface area contributed by atoms with E-state index in [0.717, 1.165) is 34.9 Å². The Kier molecular flexibility index (Phi) is 4.78. The predicted molar refractivity (Wildman–Crippen MR) is 94.1 cm³/mol. The fourth-order valence-corrected chi connectivity index (χ4v) is 3.73. The Balaban J connectivity index is 1.77. The van der Waals surface area contributed by atoms with E-state index in [2.05, 4.69) is 27.2 Å². The van der Waals surface area contributed by atoms with Gasteiger partial charge in [-0.1, -0.05) is 19.4 Å². The molecule has 0 bridgehead atoms. The van der Waals surface area contributed by atoms with Crippen LogP contribution in [0.25, 0.3) is 11.4 Å². The molecule has 0 unspecified atom stereocenters. The van der Waals surface area contributed by atoms with Gasteiger partial charge in [0.25, 0.3) is 5.91 Å². The SMILES string of the molecule is CCCc1nc(C)sc1C(=O)Nc1nc(-c2ccccn2)cs1. The lowest BCUT2D eigenvalue weighted by atomic mass is 10.2. The number of nitrogens with one attached hydrogen (secondary N) is 1. The number of amides is 1. The van der Waals surface area contributed by atoms with Crippen LogP contribution in [-0.2, 0) is 6.42 Å². The minimum atomic E-state index is -0.138. The first-order valence-electron chi connectivity index (χ1n) is 7.32. The Morgan fingerprint density at radius 2 is 2.13 bits per heavy atom. The number of rotatable bonds is 5. The average Bonchev–Trinajstić information content (AvgIpc) is 3.15. The van der Waals surface area contributed by atoms with Gasteiger partial charge in [0.05, 0.1) is 16.4 Å². The minimum Gasteiger partial charge on any atom is -0.297 e. The third kappa shape index (κ3) is 3.62. The molecule has 118 valence electrons. The van der Waals surface area contributed by atoms with E-state index in [1.807, 2.05) is 30.5 Å². The molecule has 7 heteroatoms. The van der Waals surface area contributed by atoms with Crippen molar-refractivity contribution in [3.05, 3.63) is 45.4 Å². The number of carbonyl (C=O) groups is 1. The molecule has 0 atom stereocenters. The maximum absolute atomic E-state index is 12.5. The highest BCUT2D eigenvalue weighted by molar-refractivity contribution is 7.15. The smallest absolute Gasteiger partial charge is 0.269 e. The summed E-state index contributed by atoms with van der Waals surface area (Å²) in [5, 5.41) is 6.25. The molecular formula is C16H16N4OS2. The quantitative estimate of drug-likeness (QED) is 0.754. The van der Waals surface area contributed by atoms with Crippen LogP contribution in [0.5, 0.6) is 0 Å². The maximum atomic E-state index is 12.5. The number of nitrogens with zero attached hydrogens (tertiary/aromatic N) is 3. The highest BCUT2D eigenvalue weighted by Crippen LogP contribution is 2.25. The van der Waals surface area contributed by atoms with Crippen molar-refractivity contribution in [1.82, 2.24) is 15.0 Å². The van der Waals surface area contributed by atoms with Crippen LogP contribution in [0.15, 0.2) is 29.8 Å². The third-order valence-corrected chi connectivity index (χ3v) is 4.92. The van der Waals surface area contributed by atoms with E-state index in [9.17, 15) is 4.79 Å². The molecule has 0 radical (unpaired) electrons. The second-order valence-corrected chi connectivity index (χ2v) is 7.03. The summed E-state index contributed by atoms with van der Waals surface area (Å²) in [4.78, 5) is 26.3. The second kappa shape index (κ2) is 6.97. The Morgan fingerprint density at radius 3 is 2.87 bits per heavy atom. The highest BCUT2D eigenvalue weighted by Gasteiger charge is 2.17. The van der Waals surface area contributed by atoms with Crippen LogP contribution in [0, 0.1) is 6.92 Å². The molecule has 3 heterocycles. The van der Waals surface area contributed by atoms with Gasteiger partial charge in [-0.3, -0.25) is 15.1 Å². The first-order chi connectivity index (χ1) is 11.2. The first kappa shape index (κ1) is 15.8. The van der Waals surface area contributed by atoms with Gasteiger partial charge < -0.3 is 0 Å². The van der Waals surface area contributed by atoms with E-state index < -0.39 is 0 Å². The predicted octanol–water partition coefficient (Wildman–Crippen LogP) is 4.17. The van der Waals surface area contributed by atoms with Gasteiger partial charge in [-0.05, 0) is 25.5 Å². The topological polar surface area (TPSA) is 67.8 Å². The van der Waals surface area contributed by atoms with Crippen LogP contribution >= 0.6 is 22.7 Å². The number of aromatic nitrogens is 3. The third-order valence-electron chi connectivity index (χ3n) is 3.15. The zero-order chi connectivity index (χ0) is 16.2. The molecule has 0 fully saturated rings. The van der Waals surface area contributed by atoms with E-state index in [1.165, 1.54) is 22.7 Å². The van der Waals surface area contributed by atoms with Crippen LogP contribution in [-0.4, -0.2) is 20.9 Å². The Morgan fingerprint density at radius 1 is 1.26 bits per heavy atom. The Hall–Kier alpha value is -2.12. The molecule has 3 rings (SSSR count). The summed E-state index contributed by atoms with van der Waals surface area (Å²) >= 11 is 2.82. The molecule has 0 aliphatic rings. The lowest BCUT2D eigenvalue weighted by Gasteiger charge is -2.01. The number of aryl methyl sites for hydroxylation is 2. The van der Waals surface area contributed by atoms with E-state index in [4.69, 9.17) is 0 Å². The van der Waals surface area contributed by atoms with Crippen molar-refractivity contribution in [3.8, 4) is 11.4 Å². The molecule has 23 heavy (non-hydrogen) atoms. The van der Waals surface area contributed by atoms with Crippen molar-refractivity contribution in [1.29, 1.82) is 0 Å². The highest BCUT2D eigenvalue weighted by atomic mass is 32.1. The minimum absolute atomic E-state index is 0.138. The van der Waals surface area contributed by atoms with E-state index in [0.29, 0.717) is 10.0 Å². The van der Waals surface area contributed by atoms with Gasteiger partial charge in [0.15, 0.2) is 5.13 Å². The van der Waals surface area contributed by atoms with Gasteiger partial charge in [-0.25, -0.2) is 9.97 Å². The lowest BCUT2D eigenvalue weighted by molar-refractivity contribution is 0.102. The summed E-state index contributed by atoms with van der Waals surface area (Å²) in [5.74, 6) is -0.138. The van der Waals surface area contributed by atoms with Crippen molar-refractivity contribution in [2.45, 2.75) is 26.7 Å². The summed E-state index contributed by atoms with van der Waals surface area (Å²) in [6.45, 7) is 4.00. The van der Waals surface area contributed by atoms with Crippen LogP contribution in [0.3, 0.4) is 0 Å². The lowest BCUT2D eigenvalue weighted by Crippen LogP contribution is -2.12. The summed E-state index contributed by atoms with van der Waals surface area (Å²) < 4.78 is 0. The molecular weight excluding hydrogens is 328 g/mol. The van der Waals surface area contributed by atoms with Crippen molar-refractivity contribution >= 4 is 33.7 Å². The first-order valence-corrected chi connectivity index (χ1v) is 9.01. The van der Waals surface area contributed by atoms with E-state index in [-0.39, 0.29) is 5.91 Å². The van der Waals surface area contributed by atoms with Crippen molar-refractivity contribution in [2.24, 2.45) is 0 Å². The fraction of sp³-hybridized carbons (Fsp3) is 0.250. The van der Waals surface area contributed by atoms with E-state index >= 15 is 0 Å². The van der Waals surface area contributed by atoms with Gasteiger partial charge in [0, 0.05) is 11.6 Å². The molecule has 0 aliphatic heterocycles. The van der Waals surface area contributed by atoms with Gasteiger partial charge in [-0.2, -0.15) is 0 Å². The zero-order valence-corrected chi connectivity index (χ0v) is 14.5. The molecule has 0 aromatic carbocycles. The van der Waals surface area contributed by atoms with E-state index in [1.54, 1.807) is 6.20 Å². The average molecular weight is 344 g/mol. The molecule has 1 N–H and O–H groups in total. The van der Waals surface area contributed by atoms with Crippen LogP contribution < -0.4 is 5.32 Å². The number of hydrogen-bond acceptors (Lipinski definition) is 6. The molecule has 5 nitrogen and oxygen atoms in total. The summed E-state index contributed by atoms with van der Waals surface area (Å²) in [5.41, 5.74) is 2.43. The summed E-state index contributed by atoms with van der Waals surface area (Å²) in [6, 6.07) is 5.67. The van der Waals surface area contributed by atoms with Crippen LogP contribution in [0.1, 0.15) is 33.7 Å². The zero-order valence-electron chi connectivity index (χ0n) is 12.9. The van der Waals surface area contributed by atoms with Gasteiger partial charge >= 0.3 is 0 Å². The molecule has 0 saturated heterocycles. The van der Waals surface area contributed by atoms with Crippen molar-refractivity contribution < 1.29 is 4.79 Å². The number of pyridine rings is 1. The monoisotopic (exact) mass is 344 g/mol. The van der Waals surface area contributed by atoms with Gasteiger partial charge in [0.1, 0.15) is 10.6 Å². The van der Waals surface area contributed by atoms with Crippen molar-refractivity contribution in [2.75, 3.05) is 5.32 Å². The fourth-order valence-electron chi connectivity index (χ4n) is 2.17. The molecule has 3 aromatic heterocycles. The maximum Gasteiger partial charge on any atom is 0.269 e. The number of thiazole rings is 2. The molecule has 0 spiro atoms. The Labute approximate surface area is 142 Å². The largest absolute Gasteiger partial charge is 0.297 e. The number of anilines is 1. The summed E-state index contributed by atoms with van der Waals surface area (Å²) in [7, 11) is 0. The molecule has 0 saturated carbocycles. The second-order valence-electron chi connectivity index (χ2n) is 4.97. The number of carbonyl (C=O) groups excluding carboxylic acids is 1. The van der Waals surface area contributed by atoms with Crippen LogP contribution in [0.2, 0.25) is 0 Å². The van der Waals surface area contributed by atoms with Crippen molar-refractivity contribution in [3.63, 3.8) is 0 Å². The normalized spacial score (nSPS) is 10.7. The van der Waals surface area contributed by atoms with Gasteiger partial charge in [-0.15, -0.1) is 22.7 Å².